The summed E-state index contributed by atoms with van der Waals surface area (Å²) in [5.41, 5.74) is -2.03. The van der Waals surface area contributed by atoms with Crippen molar-refractivity contribution in [1.29, 1.82) is 0 Å². The number of unbranched alkanes of at least 4 members (excludes halogenated alkanes) is 3. The number of carboxylic acids is 1. The van der Waals surface area contributed by atoms with Crippen LogP contribution in [0.3, 0.4) is 0 Å². The van der Waals surface area contributed by atoms with Gasteiger partial charge in [0.1, 0.15) is 34.6 Å². The number of nitrogens with one attached hydrogen (secondary N) is 1. The molecule has 2 fully saturated rings. The molecule has 340 valence electrons. The van der Waals surface area contributed by atoms with Gasteiger partial charge in [0.05, 0.1) is 33.4 Å². The molecule has 5 atom stereocenters. The molecule has 0 bridgehead atoms. The van der Waals surface area contributed by atoms with E-state index >= 15 is 9.59 Å². The SMILES string of the molecule is C=CCCCCC[C@H](NC(=O)c1cnc(C)nc1)C(=O)N1C[C@H](Oc2nc3ccccc3nc2-c2nc3ccccc3s2)C[C@H]1C(=O)N(C(=O)OC(C)(C)C)[C@]1(C(=O)O)C[C@]1(C=C)CC. The number of carboxylic acid groups (broad SMARTS) is 1. The van der Waals surface area contributed by atoms with Gasteiger partial charge in [0, 0.05) is 24.2 Å². The quantitative estimate of drug-likeness (QED) is 0.0674. The van der Waals surface area contributed by atoms with Crippen LogP contribution >= 0.6 is 11.3 Å². The number of amides is 4. The topological polar surface area (TPSA) is 207 Å². The molecule has 4 amide bonds. The molecule has 2 N–H and O–H groups in total. The second kappa shape index (κ2) is 18.8. The minimum atomic E-state index is -2.06. The van der Waals surface area contributed by atoms with Crippen molar-refractivity contribution in [3.8, 4) is 16.6 Å². The Hall–Kier alpha value is -6.62. The molecule has 4 heterocycles. The molecule has 17 heteroatoms. The van der Waals surface area contributed by atoms with Gasteiger partial charge >= 0.3 is 12.1 Å². The van der Waals surface area contributed by atoms with Gasteiger partial charge in [-0.15, -0.1) is 24.5 Å². The average Bonchev–Trinajstić information content (AvgIpc) is 3.50. The zero-order valence-electron chi connectivity index (χ0n) is 37.3. The number of fused-ring (bicyclic) bond motifs is 2. The maximum Gasteiger partial charge on any atom is 0.418 e. The van der Waals surface area contributed by atoms with Crippen molar-refractivity contribution in [3.05, 3.63) is 97.6 Å². The highest BCUT2D eigenvalue weighted by atomic mass is 32.1. The molecule has 2 aliphatic rings. The van der Waals surface area contributed by atoms with E-state index in [-0.39, 0.29) is 43.7 Å². The zero-order valence-corrected chi connectivity index (χ0v) is 38.1. The minimum absolute atomic E-state index is 0.101. The van der Waals surface area contributed by atoms with Crippen molar-refractivity contribution in [2.24, 2.45) is 5.41 Å². The van der Waals surface area contributed by atoms with Gasteiger partial charge in [-0.25, -0.2) is 39.4 Å². The number of likely N-dealkylation sites (tertiary alicyclic amines) is 1. The molecule has 7 rings (SSSR count). The number of para-hydroxylation sites is 3. The molecule has 0 spiro atoms. The maximum atomic E-state index is 15.4. The highest BCUT2D eigenvalue weighted by Gasteiger charge is 2.76. The van der Waals surface area contributed by atoms with Crippen molar-refractivity contribution < 1.29 is 38.6 Å². The summed E-state index contributed by atoms with van der Waals surface area (Å²) in [6.45, 7) is 15.8. The number of aromatic nitrogens is 5. The van der Waals surface area contributed by atoms with E-state index in [9.17, 15) is 19.5 Å². The summed E-state index contributed by atoms with van der Waals surface area (Å²) >= 11 is 1.40. The smallest absolute Gasteiger partial charge is 0.418 e. The minimum Gasteiger partial charge on any atom is -0.479 e. The van der Waals surface area contributed by atoms with E-state index in [1.165, 1.54) is 34.7 Å². The van der Waals surface area contributed by atoms with E-state index in [0.29, 0.717) is 38.9 Å². The number of ether oxygens (including phenoxy) is 2. The lowest BCUT2D eigenvalue weighted by Crippen LogP contribution is -2.61. The number of aliphatic carboxylic acids is 1. The third-order valence-corrected chi connectivity index (χ3v) is 13.1. The summed E-state index contributed by atoms with van der Waals surface area (Å²) in [4.78, 5) is 97.0. The first-order valence-electron chi connectivity index (χ1n) is 21.8. The van der Waals surface area contributed by atoms with E-state index in [1.807, 2.05) is 48.5 Å². The first-order chi connectivity index (χ1) is 31.0. The largest absolute Gasteiger partial charge is 0.479 e. The molecule has 2 aromatic carbocycles. The number of nitrogens with zero attached hydrogens (tertiary/aromatic N) is 7. The third kappa shape index (κ3) is 9.46. The lowest BCUT2D eigenvalue weighted by atomic mass is 9.94. The number of thiazole rings is 1. The van der Waals surface area contributed by atoms with E-state index < -0.39 is 64.5 Å². The number of allylic oxidation sites excluding steroid dienone is 1. The first kappa shape index (κ1) is 46.4. The van der Waals surface area contributed by atoms with E-state index in [0.717, 1.165) is 29.5 Å². The summed E-state index contributed by atoms with van der Waals surface area (Å²) in [5.74, 6) is -3.07. The standard InChI is InChI=1S/C48H54N8O8S/c1-8-11-12-13-14-22-35(52-39(57)30-25-49-29(4)50-26-30)42(58)55-27-31(24-36(55)43(59)56(45(62)64-46(5,6)7)48(44(60)61)28-47(48,9-2)10-3)63-40-38(51-32-19-15-16-20-33(32)53-40)41-54-34-21-17-18-23-37(34)65-41/h8-9,15-21,23,25-26,31,35-36H,1-2,10-14,22,24,27-28H2,3-7H3,(H,52,57)(H,60,61)/t31-,35+,36+,47+,48+/m1/s1. The highest BCUT2D eigenvalue weighted by Crippen LogP contribution is 2.63. The molecular weight excluding hydrogens is 849 g/mol. The summed E-state index contributed by atoms with van der Waals surface area (Å²) in [7, 11) is 0. The van der Waals surface area contributed by atoms with Crippen molar-refractivity contribution in [2.45, 2.75) is 115 Å². The van der Waals surface area contributed by atoms with E-state index in [1.54, 1.807) is 40.7 Å². The predicted molar refractivity (Wildman–Crippen MR) is 245 cm³/mol. The van der Waals surface area contributed by atoms with Crippen molar-refractivity contribution in [2.75, 3.05) is 6.54 Å². The Morgan fingerprint density at radius 3 is 2.28 bits per heavy atom. The van der Waals surface area contributed by atoms with Crippen molar-refractivity contribution in [3.63, 3.8) is 0 Å². The number of carbonyl (C=O) groups is 5. The number of imide groups is 1. The van der Waals surface area contributed by atoms with E-state index in [4.69, 9.17) is 24.4 Å². The Bertz CT molecular complexity index is 2610. The van der Waals surface area contributed by atoms with Crippen LogP contribution in [0.1, 0.15) is 95.2 Å². The molecule has 1 aliphatic carbocycles. The van der Waals surface area contributed by atoms with Crippen LogP contribution in [-0.2, 0) is 19.1 Å². The number of rotatable bonds is 17. The highest BCUT2D eigenvalue weighted by molar-refractivity contribution is 7.21. The van der Waals surface area contributed by atoms with Crippen LogP contribution in [0, 0.1) is 12.3 Å². The van der Waals surface area contributed by atoms with Gasteiger partial charge in [0.25, 0.3) is 11.8 Å². The number of benzene rings is 2. The Kier molecular flexibility index (Phi) is 13.4. The van der Waals surface area contributed by atoms with Gasteiger partial charge in [-0.2, -0.15) is 0 Å². The van der Waals surface area contributed by atoms with Gasteiger partial charge in [-0.05, 0) is 84.1 Å². The molecule has 65 heavy (non-hydrogen) atoms. The molecule has 0 radical (unpaired) electrons. The second-order valence-corrected chi connectivity index (χ2v) is 18.5. The molecule has 1 saturated heterocycles. The number of hydrogen-bond donors (Lipinski definition) is 2. The molecule has 16 nitrogen and oxygen atoms in total. The monoisotopic (exact) mass is 902 g/mol. The Balaban J connectivity index is 1.31. The number of hydrogen-bond acceptors (Lipinski definition) is 13. The van der Waals surface area contributed by atoms with Crippen LogP contribution in [0.15, 0.2) is 86.2 Å². The summed E-state index contributed by atoms with van der Waals surface area (Å²) in [6.07, 6.45) is 6.84. The molecule has 1 saturated carbocycles. The third-order valence-electron chi connectivity index (χ3n) is 12.0. The maximum absolute atomic E-state index is 15.4. The van der Waals surface area contributed by atoms with Gasteiger partial charge < -0.3 is 24.8 Å². The van der Waals surface area contributed by atoms with Gasteiger partial charge in [-0.1, -0.05) is 56.2 Å². The Morgan fingerprint density at radius 1 is 0.985 bits per heavy atom. The first-order valence-corrected chi connectivity index (χ1v) is 22.6. The lowest BCUT2D eigenvalue weighted by Gasteiger charge is -2.36. The lowest BCUT2D eigenvalue weighted by molar-refractivity contribution is -0.156. The fourth-order valence-electron chi connectivity index (χ4n) is 8.51. The van der Waals surface area contributed by atoms with Crippen LogP contribution in [0.5, 0.6) is 5.88 Å². The van der Waals surface area contributed by atoms with Crippen LogP contribution < -0.4 is 10.1 Å². The molecule has 0 unspecified atom stereocenters. The zero-order chi connectivity index (χ0) is 46.7. The Morgan fingerprint density at radius 2 is 1.66 bits per heavy atom. The normalized spacial score (nSPS) is 20.8. The number of aryl methyl sites for hydroxylation is 1. The molecule has 1 aliphatic heterocycles. The van der Waals surface area contributed by atoms with Crippen molar-refractivity contribution in [1.82, 2.24) is 40.0 Å². The van der Waals surface area contributed by atoms with Gasteiger partial charge in [-0.3, -0.25) is 14.4 Å². The van der Waals surface area contributed by atoms with E-state index in [2.05, 4.69) is 28.4 Å². The molecular formula is C48H54N8O8S. The van der Waals surface area contributed by atoms with Crippen LogP contribution in [0.4, 0.5) is 4.79 Å². The Labute approximate surface area is 381 Å². The average molecular weight is 903 g/mol. The second-order valence-electron chi connectivity index (χ2n) is 17.5. The summed E-state index contributed by atoms with van der Waals surface area (Å²) in [5, 5.41) is 14.3. The summed E-state index contributed by atoms with van der Waals surface area (Å²) in [6, 6.07) is 12.3. The molecule has 5 aromatic rings. The van der Waals surface area contributed by atoms with Gasteiger partial charge in [0.15, 0.2) is 11.2 Å². The van der Waals surface area contributed by atoms with Crippen molar-refractivity contribution >= 4 is 62.4 Å². The van der Waals surface area contributed by atoms with Crippen LogP contribution in [0.25, 0.3) is 32.0 Å². The van der Waals surface area contributed by atoms with Gasteiger partial charge in [0.2, 0.25) is 11.8 Å². The fraction of sp³-hybridized carbons (Fsp3) is 0.417. The predicted octanol–water partition coefficient (Wildman–Crippen LogP) is 7.86. The summed E-state index contributed by atoms with van der Waals surface area (Å²) < 4.78 is 13.4. The molecule has 3 aromatic heterocycles. The van der Waals surface area contributed by atoms with Crippen LogP contribution in [-0.4, -0.2) is 105 Å². The van der Waals surface area contributed by atoms with Crippen LogP contribution in [0.2, 0.25) is 0 Å². The number of carbonyl (C=O) groups excluding carboxylic acids is 4. The fourth-order valence-corrected chi connectivity index (χ4v) is 9.46.